The average Bonchev–Trinajstić information content (AvgIpc) is 3.19. The van der Waals surface area contributed by atoms with Gasteiger partial charge < -0.3 is 20.1 Å². The smallest absolute Gasteiger partial charge is 0.344 e. The van der Waals surface area contributed by atoms with Gasteiger partial charge in [-0.15, -0.1) is 4.40 Å². The van der Waals surface area contributed by atoms with Crippen LogP contribution in [0, 0.1) is 5.92 Å². The Morgan fingerprint density at radius 2 is 2.21 bits per heavy atom. The third-order valence-corrected chi connectivity index (χ3v) is 6.17. The second-order valence-corrected chi connectivity index (χ2v) is 8.67. The van der Waals surface area contributed by atoms with Crippen LogP contribution in [0.2, 0.25) is 0 Å². The number of nitrogens with zero attached hydrogens (tertiary/aromatic N) is 2. The highest BCUT2D eigenvalue weighted by Crippen LogP contribution is 2.31. The quantitative estimate of drug-likeness (QED) is 0.762. The number of amidine groups is 1. The Balaban J connectivity index is 1.42. The highest BCUT2D eigenvalue weighted by Gasteiger charge is 2.32. The van der Waals surface area contributed by atoms with Crippen molar-refractivity contribution in [2.45, 2.75) is 31.8 Å². The Bertz CT molecular complexity index is 895. The number of hydrogen-bond acceptors (Lipinski definition) is 6. The average molecular weight is 408 g/mol. The summed E-state index contributed by atoms with van der Waals surface area (Å²) in [5.41, 5.74) is 6.64. The molecule has 1 amide bonds. The molecule has 3 aliphatic rings. The van der Waals surface area contributed by atoms with E-state index in [2.05, 4.69) is 9.12 Å². The Morgan fingerprint density at radius 1 is 1.36 bits per heavy atom. The van der Waals surface area contributed by atoms with E-state index in [1.807, 2.05) is 4.90 Å². The summed E-state index contributed by atoms with van der Waals surface area (Å²) in [5.74, 6) is 0.644. The Labute approximate surface area is 164 Å². The molecule has 0 radical (unpaired) electrons. The van der Waals surface area contributed by atoms with E-state index in [0.29, 0.717) is 36.8 Å². The second kappa shape index (κ2) is 7.59. The monoisotopic (exact) mass is 408 g/mol. The van der Waals surface area contributed by atoms with E-state index in [-0.39, 0.29) is 23.8 Å². The number of carbonyl (C=O) groups is 1. The topological polar surface area (TPSA) is 123 Å². The van der Waals surface area contributed by atoms with Crippen molar-refractivity contribution in [3.8, 4) is 5.75 Å². The number of piperidine rings is 1. The number of nitrogens with two attached hydrogens (primary N) is 1. The molecule has 2 saturated heterocycles. The van der Waals surface area contributed by atoms with Crippen molar-refractivity contribution in [1.82, 2.24) is 4.90 Å². The molecule has 0 spiro atoms. The van der Waals surface area contributed by atoms with Crippen molar-refractivity contribution in [3.63, 3.8) is 0 Å². The molecular weight excluding hydrogens is 384 g/mol. The lowest BCUT2D eigenvalue weighted by molar-refractivity contribution is -0.143. The molecule has 3 N–H and O–H groups in total. The third kappa shape index (κ3) is 3.93. The Kier molecular flexibility index (Phi) is 5.15. The van der Waals surface area contributed by atoms with Crippen LogP contribution in [0.4, 0.5) is 5.69 Å². The number of ether oxygens (including phenoxy) is 2. The van der Waals surface area contributed by atoms with E-state index in [1.165, 1.54) is 0 Å². The zero-order valence-corrected chi connectivity index (χ0v) is 16.3. The molecule has 0 saturated carbocycles. The lowest BCUT2D eigenvalue weighted by Crippen LogP contribution is -2.46. The van der Waals surface area contributed by atoms with Crippen LogP contribution in [0.1, 0.15) is 31.2 Å². The summed E-state index contributed by atoms with van der Waals surface area (Å²) in [7, 11) is -3.82. The van der Waals surface area contributed by atoms with E-state index in [0.717, 1.165) is 32.2 Å². The lowest BCUT2D eigenvalue weighted by atomic mass is 9.98. The van der Waals surface area contributed by atoms with Gasteiger partial charge in [0.2, 0.25) is 0 Å². The summed E-state index contributed by atoms with van der Waals surface area (Å²) in [5, 5.41) is 0. The van der Waals surface area contributed by atoms with Gasteiger partial charge in [0.25, 0.3) is 5.91 Å². The summed E-state index contributed by atoms with van der Waals surface area (Å²) < 4.78 is 40.7. The van der Waals surface area contributed by atoms with E-state index in [4.69, 9.17) is 15.2 Å². The maximum atomic E-state index is 12.6. The van der Waals surface area contributed by atoms with Crippen molar-refractivity contribution >= 4 is 27.6 Å². The number of fused-ring (bicyclic) bond motifs is 1. The summed E-state index contributed by atoms with van der Waals surface area (Å²) in [4.78, 5) is 14.5. The molecule has 10 heteroatoms. The van der Waals surface area contributed by atoms with Crippen LogP contribution in [0.3, 0.4) is 0 Å². The van der Waals surface area contributed by atoms with Gasteiger partial charge in [-0.25, -0.2) is 0 Å². The van der Waals surface area contributed by atoms with Crippen LogP contribution < -0.4 is 15.2 Å². The van der Waals surface area contributed by atoms with Crippen LogP contribution in [0.25, 0.3) is 0 Å². The normalized spacial score (nSPS) is 26.1. The van der Waals surface area contributed by atoms with Gasteiger partial charge in [-0.3, -0.25) is 9.52 Å². The molecular formula is C18H24N4O5S. The first-order valence-corrected chi connectivity index (χ1v) is 10.9. The summed E-state index contributed by atoms with van der Waals surface area (Å²) >= 11 is 0. The Hall–Kier alpha value is -2.33. The second-order valence-electron chi connectivity index (χ2n) is 7.34. The molecule has 1 aromatic carbocycles. The van der Waals surface area contributed by atoms with Crippen LogP contribution >= 0.6 is 0 Å². The lowest BCUT2D eigenvalue weighted by Gasteiger charge is -2.34. The van der Waals surface area contributed by atoms with Crippen molar-refractivity contribution in [3.05, 3.63) is 23.8 Å². The molecule has 0 aliphatic carbocycles. The van der Waals surface area contributed by atoms with Crippen molar-refractivity contribution < 1.29 is 22.7 Å². The molecule has 0 aromatic heterocycles. The fourth-order valence-corrected chi connectivity index (χ4v) is 4.77. The number of likely N-dealkylation sites (tertiary alicyclic amines) is 1. The molecule has 152 valence electrons. The van der Waals surface area contributed by atoms with Gasteiger partial charge >= 0.3 is 10.2 Å². The molecule has 9 nitrogen and oxygen atoms in total. The van der Waals surface area contributed by atoms with Gasteiger partial charge in [0, 0.05) is 25.6 Å². The minimum Gasteiger partial charge on any atom is -0.492 e. The number of benzene rings is 1. The first-order valence-electron chi connectivity index (χ1n) is 9.48. The molecule has 1 aromatic rings. The van der Waals surface area contributed by atoms with Crippen LogP contribution in [-0.2, 0) is 19.7 Å². The van der Waals surface area contributed by atoms with Crippen molar-refractivity contribution in [2.75, 3.05) is 31.0 Å². The minimum absolute atomic E-state index is 0.0741. The highest BCUT2D eigenvalue weighted by molar-refractivity contribution is 7.91. The van der Waals surface area contributed by atoms with Gasteiger partial charge in [-0.05, 0) is 37.8 Å². The molecule has 2 fully saturated rings. The molecule has 4 rings (SSSR count). The van der Waals surface area contributed by atoms with Gasteiger partial charge in [-0.2, -0.15) is 8.42 Å². The Morgan fingerprint density at radius 3 is 3.00 bits per heavy atom. The third-order valence-electron chi connectivity index (χ3n) is 5.25. The van der Waals surface area contributed by atoms with Crippen LogP contribution in [0.5, 0.6) is 5.75 Å². The number of nitrogens with one attached hydrogen (secondary N) is 1. The maximum absolute atomic E-state index is 12.6. The minimum atomic E-state index is -3.82. The SMILES string of the molecule is NC1=NS(=O)(=O)Nc2cccc(OCC3CCCN(C(=O)C4CCCO4)C3)c21. The zero-order chi connectivity index (χ0) is 19.7. The van der Waals surface area contributed by atoms with Gasteiger partial charge in [0.15, 0.2) is 5.84 Å². The van der Waals surface area contributed by atoms with Crippen LogP contribution in [0.15, 0.2) is 22.6 Å². The summed E-state index contributed by atoms with van der Waals surface area (Å²) in [6, 6.07) is 5.05. The number of hydrogen-bond donors (Lipinski definition) is 2. The van der Waals surface area contributed by atoms with Crippen molar-refractivity contribution in [1.29, 1.82) is 0 Å². The fourth-order valence-electron chi connectivity index (χ4n) is 3.92. The standard InChI is InChI=1S/C18H24N4O5S/c19-17-16-13(20-28(24,25)21-17)5-1-6-14(16)27-11-12-4-2-8-22(10-12)18(23)15-7-3-9-26-15/h1,5-6,12,15,20H,2-4,7-11H2,(H2,19,21). The van der Waals surface area contributed by atoms with Gasteiger partial charge in [0.05, 0.1) is 17.9 Å². The van der Waals surface area contributed by atoms with E-state index in [9.17, 15) is 13.2 Å². The number of carbonyl (C=O) groups excluding carboxylic acids is 1. The van der Waals surface area contributed by atoms with Crippen molar-refractivity contribution in [2.24, 2.45) is 16.0 Å². The highest BCUT2D eigenvalue weighted by atomic mass is 32.2. The van der Waals surface area contributed by atoms with Gasteiger partial charge in [-0.1, -0.05) is 6.07 Å². The number of anilines is 1. The predicted octanol–water partition coefficient (Wildman–Crippen LogP) is 0.859. The maximum Gasteiger partial charge on any atom is 0.344 e. The molecule has 0 bridgehead atoms. The summed E-state index contributed by atoms with van der Waals surface area (Å²) in [6.45, 7) is 2.44. The fraction of sp³-hybridized carbons (Fsp3) is 0.556. The van der Waals surface area contributed by atoms with E-state index < -0.39 is 10.2 Å². The molecule has 3 heterocycles. The predicted molar refractivity (Wildman–Crippen MR) is 103 cm³/mol. The molecule has 2 atom stereocenters. The largest absolute Gasteiger partial charge is 0.492 e. The first-order chi connectivity index (χ1) is 13.4. The molecule has 28 heavy (non-hydrogen) atoms. The van der Waals surface area contributed by atoms with Crippen LogP contribution in [-0.4, -0.2) is 57.5 Å². The number of rotatable bonds is 4. The number of amides is 1. The first kappa shape index (κ1) is 19.0. The van der Waals surface area contributed by atoms with Gasteiger partial charge in [0.1, 0.15) is 11.9 Å². The molecule has 3 aliphatic heterocycles. The zero-order valence-electron chi connectivity index (χ0n) is 15.5. The van der Waals surface area contributed by atoms with E-state index >= 15 is 0 Å². The molecule has 2 unspecified atom stereocenters. The summed E-state index contributed by atoms with van der Waals surface area (Å²) in [6.07, 6.45) is 3.30. The van der Waals surface area contributed by atoms with E-state index in [1.54, 1.807) is 18.2 Å².